The molecule has 0 bridgehead atoms. The minimum absolute atomic E-state index is 0.196. The van der Waals surface area contributed by atoms with Crippen LogP contribution in [0.2, 0.25) is 0 Å². The first-order valence-corrected chi connectivity index (χ1v) is 4.54. The van der Waals surface area contributed by atoms with Crippen molar-refractivity contribution in [3.05, 3.63) is 0 Å². The van der Waals surface area contributed by atoms with Crippen LogP contribution in [0.15, 0.2) is 0 Å². The van der Waals surface area contributed by atoms with Crippen molar-refractivity contribution in [1.82, 2.24) is 10.2 Å². The highest BCUT2D eigenvalue weighted by atomic mass is 16.5. The average molecular weight is 202 g/mol. The van der Waals surface area contributed by atoms with Gasteiger partial charge in [-0.05, 0) is 27.1 Å². The van der Waals surface area contributed by atoms with Crippen molar-refractivity contribution in [2.45, 2.75) is 12.8 Å². The van der Waals surface area contributed by atoms with Crippen molar-refractivity contribution in [2.24, 2.45) is 0 Å². The molecule has 5 heteroatoms. The van der Waals surface area contributed by atoms with Crippen LogP contribution in [0, 0.1) is 0 Å². The van der Waals surface area contributed by atoms with Crippen molar-refractivity contribution in [3.63, 3.8) is 0 Å². The molecule has 0 aromatic carbocycles. The molecule has 0 radical (unpaired) electrons. The molecule has 0 heterocycles. The fourth-order valence-electron chi connectivity index (χ4n) is 0.889. The number of methoxy groups -OCH3 is 1. The third-order valence-corrected chi connectivity index (χ3v) is 1.64. The van der Waals surface area contributed by atoms with Gasteiger partial charge in [-0.15, -0.1) is 0 Å². The summed E-state index contributed by atoms with van der Waals surface area (Å²) in [7, 11) is 5.20. The normalized spacial score (nSPS) is 10.0. The number of carbonyl (C=O) groups excluding carboxylic acids is 2. The van der Waals surface area contributed by atoms with Gasteiger partial charge in [0.15, 0.2) is 0 Å². The van der Waals surface area contributed by atoms with Gasteiger partial charge in [0.05, 0.1) is 7.11 Å². The molecule has 0 aliphatic rings. The first kappa shape index (κ1) is 12.9. The maximum absolute atomic E-state index is 11.0. The van der Waals surface area contributed by atoms with Crippen LogP contribution in [0.4, 0.5) is 0 Å². The highest BCUT2D eigenvalue weighted by Crippen LogP contribution is 1.85. The molecule has 0 atom stereocenters. The zero-order valence-corrected chi connectivity index (χ0v) is 9.00. The van der Waals surface area contributed by atoms with Gasteiger partial charge in [-0.3, -0.25) is 9.59 Å². The Morgan fingerprint density at radius 2 is 2.00 bits per heavy atom. The molecular weight excluding hydrogens is 184 g/mol. The van der Waals surface area contributed by atoms with Gasteiger partial charge >= 0.3 is 5.97 Å². The molecule has 0 aliphatic heterocycles. The molecule has 0 unspecified atom stereocenters. The minimum Gasteiger partial charge on any atom is -0.469 e. The lowest BCUT2D eigenvalue weighted by Crippen LogP contribution is -2.28. The summed E-state index contributed by atoms with van der Waals surface area (Å²) in [5.74, 6) is -0.786. The van der Waals surface area contributed by atoms with Crippen LogP contribution in [0.25, 0.3) is 0 Å². The zero-order valence-electron chi connectivity index (χ0n) is 9.00. The first-order chi connectivity index (χ1) is 6.56. The molecule has 0 aromatic heterocycles. The van der Waals surface area contributed by atoms with E-state index < -0.39 is 5.97 Å². The van der Waals surface area contributed by atoms with Gasteiger partial charge < -0.3 is 15.0 Å². The van der Waals surface area contributed by atoms with Gasteiger partial charge in [0, 0.05) is 6.54 Å². The van der Waals surface area contributed by atoms with Crippen molar-refractivity contribution >= 4 is 11.9 Å². The van der Waals surface area contributed by atoms with Crippen LogP contribution in [0.1, 0.15) is 12.8 Å². The smallest absolute Gasteiger partial charge is 0.315 e. The van der Waals surface area contributed by atoms with Gasteiger partial charge in [0.1, 0.15) is 6.42 Å². The Morgan fingerprint density at radius 3 is 2.50 bits per heavy atom. The molecule has 82 valence electrons. The summed E-state index contributed by atoms with van der Waals surface area (Å²) in [6.45, 7) is 1.51. The molecule has 0 saturated heterocycles. The first-order valence-electron chi connectivity index (χ1n) is 4.54. The summed E-state index contributed by atoms with van der Waals surface area (Å²) >= 11 is 0. The second-order valence-electron chi connectivity index (χ2n) is 3.26. The van der Waals surface area contributed by atoms with Crippen molar-refractivity contribution in [3.8, 4) is 0 Å². The number of nitrogens with one attached hydrogen (secondary N) is 1. The summed E-state index contributed by atoms with van der Waals surface area (Å²) in [6.07, 6.45) is 0.679. The molecule has 0 aliphatic carbocycles. The average Bonchev–Trinajstić information content (AvgIpc) is 2.12. The highest BCUT2D eigenvalue weighted by Gasteiger charge is 2.07. The molecule has 5 nitrogen and oxygen atoms in total. The Bertz CT molecular complexity index is 192. The molecule has 1 N–H and O–H groups in total. The third-order valence-electron chi connectivity index (χ3n) is 1.64. The van der Waals surface area contributed by atoms with E-state index in [4.69, 9.17) is 0 Å². The molecule has 0 spiro atoms. The summed E-state index contributed by atoms with van der Waals surface area (Å²) in [5.41, 5.74) is 0. The van der Waals surface area contributed by atoms with E-state index in [0.717, 1.165) is 13.0 Å². The summed E-state index contributed by atoms with van der Waals surface area (Å²) in [6, 6.07) is 0. The van der Waals surface area contributed by atoms with E-state index in [0.29, 0.717) is 6.54 Å². The Balaban J connectivity index is 3.40. The minimum atomic E-state index is -0.505. The fraction of sp³-hybridized carbons (Fsp3) is 0.778. The van der Waals surface area contributed by atoms with Crippen LogP contribution in [0.5, 0.6) is 0 Å². The molecule has 1 amide bonds. The Kier molecular flexibility index (Phi) is 6.74. The summed E-state index contributed by atoms with van der Waals surface area (Å²) in [4.78, 5) is 23.7. The molecule has 0 fully saturated rings. The van der Waals surface area contributed by atoms with Gasteiger partial charge in [-0.1, -0.05) is 0 Å². The lowest BCUT2D eigenvalue weighted by Gasteiger charge is -2.09. The van der Waals surface area contributed by atoms with E-state index in [1.54, 1.807) is 0 Å². The number of hydrogen-bond acceptors (Lipinski definition) is 4. The van der Waals surface area contributed by atoms with E-state index in [-0.39, 0.29) is 12.3 Å². The van der Waals surface area contributed by atoms with E-state index in [1.807, 2.05) is 19.0 Å². The lowest BCUT2D eigenvalue weighted by molar-refractivity contribution is -0.143. The van der Waals surface area contributed by atoms with Gasteiger partial charge in [-0.25, -0.2) is 0 Å². The van der Waals surface area contributed by atoms with Gasteiger partial charge in [0.25, 0.3) is 0 Å². The number of carbonyl (C=O) groups is 2. The van der Waals surface area contributed by atoms with Gasteiger partial charge in [0.2, 0.25) is 5.91 Å². The third kappa shape index (κ3) is 7.54. The lowest BCUT2D eigenvalue weighted by atomic mass is 10.3. The van der Waals surface area contributed by atoms with E-state index >= 15 is 0 Å². The molecular formula is C9H18N2O3. The van der Waals surface area contributed by atoms with Crippen LogP contribution in [-0.2, 0) is 14.3 Å². The standard InChI is InChI=1S/C9H18N2O3/c1-11(2)6-4-5-10-8(12)7-9(13)14-3/h4-7H2,1-3H3,(H,10,12). The number of esters is 1. The van der Waals surface area contributed by atoms with Crippen LogP contribution < -0.4 is 5.32 Å². The topological polar surface area (TPSA) is 58.6 Å². The maximum atomic E-state index is 11.0. The monoisotopic (exact) mass is 202 g/mol. The Labute approximate surface area is 84.4 Å². The highest BCUT2D eigenvalue weighted by molar-refractivity contribution is 5.94. The number of rotatable bonds is 6. The summed E-state index contributed by atoms with van der Waals surface area (Å²) in [5, 5.41) is 2.64. The Hall–Kier alpha value is -1.10. The predicted molar refractivity (Wildman–Crippen MR) is 52.8 cm³/mol. The predicted octanol–water partition coefficient (Wildman–Crippen LogP) is -0.383. The van der Waals surface area contributed by atoms with Crippen LogP contribution >= 0.6 is 0 Å². The number of hydrogen-bond donors (Lipinski definition) is 1. The molecule has 14 heavy (non-hydrogen) atoms. The molecule has 0 aromatic rings. The zero-order chi connectivity index (χ0) is 11.0. The SMILES string of the molecule is COC(=O)CC(=O)NCCCN(C)C. The molecule has 0 rings (SSSR count). The quantitative estimate of drug-likeness (QED) is 0.362. The van der Waals surface area contributed by atoms with E-state index in [2.05, 4.69) is 10.1 Å². The van der Waals surface area contributed by atoms with Crippen LogP contribution in [-0.4, -0.2) is 51.1 Å². The van der Waals surface area contributed by atoms with E-state index in [9.17, 15) is 9.59 Å². The second-order valence-corrected chi connectivity index (χ2v) is 3.26. The number of ether oxygens (including phenoxy) is 1. The number of nitrogens with zero attached hydrogens (tertiary/aromatic N) is 1. The second kappa shape index (κ2) is 7.32. The molecule has 0 saturated carbocycles. The summed E-state index contributed by atoms with van der Waals surface area (Å²) < 4.78 is 4.36. The van der Waals surface area contributed by atoms with Crippen molar-refractivity contribution in [2.75, 3.05) is 34.3 Å². The van der Waals surface area contributed by atoms with Gasteiger partial charge in [-0.2, -0.15) is 0 Å². The Morgan fingerprint density at radius 1 is 1.36 bits per heavy atom. The van der Waals surface area contributed by atoms with Crippen molar-refractivity contribution < 1.29 is 14.3 Å². The fourth-order valence-corrected chi connectivity index (χ4v) is 0.889. The number of amides is 1. The van der Waals surface area contributed by atoms with E-state index in [1.165, 1.54) is 7.11 Å². The van der Waals surface area contributed by atoms with Crippen molar-refractivity contribution in [1.29, 1.82) is 0 Å². The largest absolute Gasteiger partial charge is 0.469 e. The van der Waals surface area contributed by atoms with Crippen LogP contribution in [0.3, 0.4) is 0 Å². The maximum Gasteiger partial charge on any atom is 0.315 e.